The Labute approximate surface area is 73.2 Å². The summed E-state index contributed by atoms with van der Waals surface area (Å²) in [6, 6.07) is 1.91. The molecule has 0 aliphatic heterocycles. The number of rotatable bonds is 2. The number of furan rings is 1. The molecule has 0 unspecified atom stereocenters. The van der Waals surface area contributed by atoms with Crippen molar-refractivity contribution in [2.24, 2.45) is 0 Å². The molecule has 1 rings (SSSR count). The van der Waals surface area contributed by atoms with Gasteiger partial charge < -0.3 is 9.52 Å². The van der Waals surface area contributed by atoms with E-state index in [1.54, 1.807) is 20.1 Å². The minimum Gasteiger partial charge on any atom is -0.469 e. The van der Waals surface area contributed by atoms with Crippen LogP contribution in [0, 0.1) is 0 Å². The van der Waals surface area contributed by atoms with Crippen molar-refractivity contribution < 1.29 is 9.52 Å². The van der Waals surface area contributed by atoms with E-state index < -0.39 is 5.60 Å². The van der Waals surface area contributed by atoms with Crippen molar-refractivity contribution in [3.8, 4) is 0 Å². The van der Waals surface area contributed by atoms with Crippen LogP contribution in [0.5, 0.6) is 0 Å². The van der Waals surface area contributed by atoms with Gasteiger partial charge in [0.05, 0.1) is 11.9 Å². The molecule has 0 atom stereocenters. The summed E-state index contributed by atoms with van der Waals surface area (Å²) < 4.78 is 5.29. The number of hydrogen-bond acceptors (Lipinski definition) is 2. The molecule has 1 heterocycles. The first kappa shape index (κ1) is 9.33. The molecular formula is C10H16O2. The lowest BCUT2D eigenvalue weighted by atomic mass is 10.0. The third-order valence-corrected chi connectivity index (χ3v) is 1.90. The van der Waals surface area contributed by atoms with Gasteiger partial charge in [0.25, 0.3) is 0 Å². The maximum atomic E-state index is 9.62. The Kier molecular flexibility index (Phi) is 2.29. The van der Waals surface area contributed by atoms with Crippen molar-refractivity contribution in [3.63, 3.8) is 0 Å². The zero-order valence-corrected chi connectivity index (χ0v) is 8.09. The van der Waals surface area contributed by atoms with Gasteiger partial charge in [0.15, 0.2) is 0 Å². The van der Waals surface area contributed by atoms with Gasteiger partial charge in [0.2, 0.25) is 0 Å². The van der Waals surface area contributed by atoms with Gasteiger partial charge in [0.1, 0.15) is 5.76 Å². The van der Waals surface area contributed by atoms with E-state index >= 15 is 0 Å². The third-order valence-electron chi connectivity index (χ3n) is 1.90. The Balaban J connectivity index is 2.92. The Morgan fingerprint density at radius 1 is 1.42 bits per heavy atom. The molecule has 0 saturated heterocycles. The topological polar surface area (TPSA) is 33.4 Å². The summed E-state index contributed by atoms with van der Waals surface area (Å²) in [5, 5.41) is 9.62. The van der Waals surface area contributed by atoms with Gasteiger partial charge in [-0.15, -0.1) is 0 Å². The van der Waals surface area contributed by atoms with Crippen molar-refractivity contribution in [1.29, 1.82) is 0 Å². The maximum absolute atomic E-state index is 9.62. The largest absolute Gasteiger partial charge is 0.469 e. The normalized spacial score (nSPS) is 12.5. The van der Waals surface area contributed by atoms with E-state index in [1.165, 1.54) is 0 Å². The minimum atomic E-state index is -0.795. The van der Waals surface area contributed by atoms with Gasteiger partial charge in [-0.2, -0.15) is 0 Å². The molecule has 0 aliphatic rings. The van der Waals surface area contributed by atoms with Crippen LogP contribution in [0.2, 0.25) is 0 Å². The summed E-state index contributed by atoms with van der Waals surface area (Å²) >= 11 is 0. The molecule has 0 radical (unpaired) electrons. The minimum absolute atomic E-state index is 0.376. The number of aliphatic hydroxyl groups is 1. The van der Waals surface area contributed by atoms with E-state index in [1.807, 2.05) is 6.07 Å². The van der Waals surface area contributed by atoms with Gasteiger partial charge >= 0.3 is 0 Å². The van der Waals surface area contributed by atoms with Gasteiger partial charge in [-0.05, 0) is 19.9 Å². The number of hydrogen-bond donors (Lipinski definition) is 1. The monoisotopic (exact) mass is 168 g/mol. The molecule has 1 aromatic rings. The molecule has 1 N–H and O–H groups in total. The lowest BCUT2D eigenvalue weighted by Gasteiger charge is -2.13. The van der Waals surface area contributed by atoms with Crippen molar-refractivity contribution in [1.82, 2.24) is 0 Å². The maximum Gasteiger partial charge on any atom is 0.106 e. The second-order valence-corrected chi connectivity index (χ2v) is 3.95. The van der Waals surface area contributed by atoms with Gasteiger partial charge in [-0.1, -0.05) is 13.8 Å². The zero-order valence-electron chi connectivity index (χ0n) is 8.09. The molecular weight excluding hydrogens is 152 g/mol. The van der Waals surface area contributed by atoms with E-state index in [9.17, 15) is 5.11 Å². The predicted molar refractivity (Wildman–Crippen MR) is 48.0 cm³/mol. The van der Waals surface area contributed by atoms with Crippen LogP contribution < -0.4 is 0 Å². The zero-order chi connectivity index (χ0) is 9.35. The van der Waals surface area contributed by atoms with E-state index in [0.29, 0.717) is 5.92 Å². The highest BCUT2D eigenvalue weighted by Gasteiger charge is 2.19. The molecule has 1 aromatic heterocycles. The van der Waals surface area contributed by atoms with Crippen molar-refractivity contribution in [2.45, 2.75) is 39.2 Å². The van der Waals surface area contributed by atoms with E-state index in [0.717, 1.165) is 11.3 Å². The first-order chi connectivity index (χ1) is 5.41. The summed E-state index contributed by atoms with van der Waals surface area (Å²) in [4.78, 5) is 0. The van der Waals surface area contributed by atoms with Gasteiger partial charge in [0, 0.05) is 11.5 Å². The van der Waals surface area contributed by atoms with Crippen LogP contribution in [-0.4, -0.2) is 5.11 Å². The third kappa shape index (κ3) is 1.89. The molecule has 0 spiro atoms. The van der Waals surface area contributed by atoms with Crippen LogP contribution in [0.1, 0.15) is 44.9 Å². The summed E-state index contributed by atoms with van der Waals surface area (Å²) in [6.07, 6.45) is 1.62. The molecule has 0 aliphatic carbocycles. The van der Waals surface area contributed by atoms with Crippen LogP contribution in [0.15, 0.2) is 16.7 Å². The fourth-order valence-corrected chi connectivity index (χ4v) is 0.976. The summed E-state index contributed by atoms with van der Waals surface area (Å²) in [6.45, 7) is 7.63. The molecule has 0 saturated carbocycles. The van der Waals surface area contributed by atoms with Crippen LogP contribution in [-0.2, 0) is 5.60 Å². The quantitative estimate of drug-likeness (QED) is 0.736. The molecule has 0 fully saturated rings. The molecule has 2 nitrogen and oxygen atoms in total. The van der Waals surface area contributed by atoms with E-state index in [4.69, 9.17) is 4.42 Å². The van der Waals surface area contributed by atoms with Crippen LogP contribution >= 0.6 is 0 Å². The lowest BCUT2D eigenvalue weighted by molar-refractivity contribution is 0.0779. The lowest BCUT2D eigenvalue weighted by Crippen LogP contribution is -2.13. The second kappa shape index (κ2) is 2.94. The first-order valence-electron chi connectivity index (χ1n) is 4.22. The van der Waals surface area contributed by atoms with Crippen LogP contribution in [0.3, 0.4) is 0 Å². The Morgan fingerprint density at radius 2 is 2.00 bits per heavy atom. The van der Waals surface area contributed by atoms with E-state index in [-0.39, 0.29) is 0 Å². The molecule has 0 amide bonds. The SMILES string of the molecule is CC(C)c1cc(C(C)(C)O)co1. The van der Waals surface area contributed by atoms with E-state index in [2.05, 4.69) is 13.8 Å². The smallest absolute Gasteiger partial charge is 0.106 e. The molecule has 68 valence electrons. The predicted octanol–water partition coefficient (Wildman–Crippen LogP) is 2.63. The van der Waals surface area contributed by atoms with Crippen LogP contribution in [0.4, 0.5) is 0 Å². The highest BCUT2D eigenvalue weighted by atomic mass is 16.3. The Hall–Kier alpha value is -0.760. The highest BCUT2D eigenvalue weighted by molar-refractivity contribution is 5.20. The Bertz CT molecular complexity index is 253. The van der Waals surface area contributed by atoms with Crippen molar-refractivity contribution in [2.75, 3.05) is 0 Å². The first-order valence-corrected chi connectivity index (χ1v) is 4.22. The fraction of sp³-hybridized carbons (Fsp3) is 0.600. The average molecular weight is 168 g/mol. The molecule has 2 heteroatoms. The summed E-state index contributed by atoms with van der Waals surface area (Å²) in [5.41, 5.74) is 0.0441. The van der Waals surface area contributed by atoms with Crippen LogP contribution in [0.25, 0.3) is 0 Å². The highest BCUT2D eigenvalue weighted by Crippen LogP contribution is 2.25. The molecule has 12 heavy (non-hydrogen) atoms. The summed E-state index contributed by atoms with van der Waals surface area (Å²) in [5.74, 6) is 1.30. The van der Waals surface area contributed by atoms with Crippen molar-refractivity contribution >= 4 is 0 Å². The molecule has 0 bridgehead atoms. The molecule has 0 aromatic carbocycles. The second-order valence-electron chi connectivity index (χ2n) is 3.95. The van der Waals surface area contributed by atoms with Gasteiger partial charge in [-0.25, -0.2) is 0 Å². The fourth-order valence-electron chi connectivity index (χ4n) is 0.976. The standard InChI is InChI=1S/C10H16O2/c1-7(2)9-5-8(6-12-9)10(3,4)11/h5-7,11H,1-4H3. The Morgan fingerprint density at radius 3 is 2.25 bits per heavy atom. The average Bonchev–Trinajstić information content (AvgIpc) is 2.30. The van der Waals surface area contributed by atoms with Gasteiger partial charge in [-0.3, -0.25) is 0 Å². The van der Waals surface area contributed by atoms with Crippen molar-refractivity contribution in [3.05, 3.63) is 23.7 Å². The summed E-state index contributed by atoms with van der Waals surface area (Å²) in [7, 11) is 0.